The van der Waals surface area contributed by atoms with Gasteiger partial charge in [0.25, 0.3) is 0 Å². The molecule has 0 amide bonds. The summed E-state index contributed by atoms with van der Waals surface area (Å²) in [5.41, 5.74) is 0.510. The van der Waals surface area contributed by atoms with Gasteiger partial charge in [0.05, 0.1) is 66.5 Å². The van der Waals surface area contributed by atoms with Crippen molar-refractivity contribution in [3.8, 4) is 0 Å². The third-order valence-electron chi connectivity index (χ3n) is 10.8. The Balaban J connectivity index is 0.000000870. The molecule has 2 aromatic rings. The van der Waals surface area contributed by atoms with Gasteiger partial charge >= 0.3 is 11.9 Å². The van der Waals surface area contributed by atoms with E-state index in [9.17, 15) is 9.59 Å². The van der Waals surface area contributed by atoms with Crippen LogP contribution in [0.25, 0.3) is 0 Å². The summed E-state index contributed by atoms with van der Waals surface area (Å²) in [6.07, 6.45) is 40.7. The van der Waals surface area contributed by atoms with Crippen molar-refractivity contribution in [3.05, 3.63) is 59.7 Å². The molecule has 8 heteroatoms. The highest BCUT2D eigenvalue weighted by Crippen LogP contribution is 2.37. The van der Waals surface area contributed by atoms with Crippen molar-refractivity contribution in [2.75, 3.05) is 55.4 Å². The molecule has 0 aromatic heterocycles. The van der Waals surface area contributed by atoms with E-state index < -0.39 is 11.9 Å². The van der Waals surface area contributed by atoms with E-state index >= 15 is 0 Å². The number of benzene rings is 2. The number of hydrogen-bond acceptors (Lipinski definition) is 4. The second-order valence-corrected chi connectivity index (χ2v) is 21.3. The predicted octanol–water partition coefficient (Wildman–Crippen LogP) is 16.2. The summed E-state index contributed by atoms with van der Waals surface area (Å²) in [6, 6.07) is 13.2. The topological polar surface area (TPSA) is 74.6 Å². The Morgan fingerprint density at radius 3 is 0.750 bits per heavy atom. The molecule has 60 heavy (non-hydrogen) atoms. The standard InChI is InChI=1S/2C19H42N.C14H10O4S2/c2*1-5-6-7-8-9-10-11-12-13-14-15-16-17-18-19-20(2,3)4;15-13(16)9-1-5-11(6-2-9)19-20-12-7-3-10(4-8-12)14(17)18/h2*5-19H2,1-4H3;1-8H,(H,15,16)(H,17,18)/q2*+1;. The SMILES string of the molecule is CCCCCCCCCCCCCCCC[N+](C)(C)C.CCCCCCCCCCCCCCCC[N+](C)(C)C.O=C(O)c1ccc(SSc2ccc(C(=O)O)cc2)cc1. The fourth-order valence-corrected chi connectivity index (χ4v) is 8.89. The summed E-state index contributed by atoms with van der Waals surface area (Å²) in [5.74, 6) is -1.89. The van der Waals surface area contributed by atoms with Crippen LogP contribution in [-0.2, 0) is 0 Å². The van der Waals surface area contributed by atoms with Crippen molar-refractivity contribution in [2.45, 2.75) is 203 Å². The number of carboxylic acid groups (broad SMARTS) is 2. The average Bonchev–Trinajstić information content (AvgIpc) is 3.20. The molecule has 0 fully saturated rings. The second-order valence-electron chi connectivity index (χ2n) is 19.0. The zero-order valence-electron chi connectivity index (χ0n) is 40.3. The molecular formula is C52H94N2O4S2+2. The molecule has 0 saturated carbocycles. The first-order chi connectivity index (χ1) is 28.7. The Morgan fingerprint density at radius 2 is 0.567 bits per heavy atom. The van der Waals surface area contributed by atoms with Crippen molar-refractivity contribution in [1.82, 2.24) is 0 Å². The van der Waals surface area contributed by atoms with Gasteiger partial charge in [0.1, 0.15) is 0 Å². The Labute approximate surface area is 379 Å². The van der Waals surface area contributed by atoms with Crippen molar-refractivity contribution in [1.29, 1.82) is 0 Å². The van der Waals surface area contributed by atoms with Crippen LogP contribution in [0.1, 0.15) is 214 Å². The van der Waals surface area contributed by atoms with Crippen LogP contribution in [0.4, 0.5) is 0 Å². The molecule has 0 unspecified atom stereocenters. The van der Waals surface area contributed by atoms with Crippen molar-refractivity contribution in [3.63, 3.8) is 0 Å². The van der Waals surface area contributed by atoms with Crippen LogP contribution in [0, 0.1) is 0 Å². The number of aromatic carboxylic acids is 2. The number of carbonyl (C=O) groups is 2. The highest BCUT2D eigenvalue weighted by molar-refractivity contribution is 8.76. The molecule has 0 spiro atoms. The van der Waals surface area contributed by atoms with Crippen LogP contribution in [-0.4, -0.2) is 86.5 Å². The Kier molecular flexibility index (Phi) is 37.4. The number of quaternary nitrogens is 2. The predicted molar refractivity (Wildman–Crippen MR) is 265 cm³/mol. The fraction of sp³-hybridized carbons (Fsp3) is 0.731. The van der Waals surface area contributed by atoms with Gasteiger partial charge in [-0.2, -0.15) is 0 Å². The second kappa shape index (κ2) is 38.7. The molecule has 6 nitrogen and oxygen atoms in total. The number of hydrogen-bond donors (Lipinski definition) is 2. The van der Waals surface area contributed by atoms with Gasteiger partial charge in [0, 0.05) is 9.79 Å². The monoisotopic (exact) mass is 875 g/mol. The first-order valence-electron chi connectivity index (χ1n) is 24.3. The number of nitrogens with zero attached hydrogens (tertiary/aromatic N) is 2. The Hall–Kier alpha value is -2.00. The van der Waals surface area contributed by atoms with Gasteiger partial charge in [-0.05, 0) is 74.2 Å². The number of unbranched alkanes of at least 4 members (excludes halogenated alkanes) is 26. The van der Waals surface area contributed by atoms with Gasteiger partial charge in [-0.25, -0.2) is 9.59 Å². The Morgan fingerprint density at radius 1 is 0.367 bits per heavy atom. The zero-order valence-corrected chi connectivity index (χ0v) is 41.9. The van der Waals surface area contributed by atoms with Crippen LogP contribution in [0.5, 0.6) is 0 Å². The molecule has 0 bridgehead atoms. The summed E-state index contributed by atoms with van der Waals surface area (Å²) in [6.45, 7) is 7.25. The lowest BCUT2D eigenvalue weighted by molar-refractivity contribution is -0.870. The van der Waals surface area contributed by atoms with E-state index in [1.54, 1.807) is 48.5 Å². The molecule has 2 rings (SSSR count). The zero-order chi connectivity index (χ0) is 44.7. The van der Waals surface area contributed by atoms with E-state index in [4.69, 9.17) is 10.2 Å². The molecule has 0 saturated heterocycles. The van der Waals surface area contributed by atoms with Crippen LogP contribution in [0.15, 0.2) is 58.3 Å². The molecule has 0 aliphatic heterocycles. The maximum atomic E-state index is 10.7. The van der Waals surface area contributed by atoms with E-state index in [2.05, 4.69) is 56.1 Å². The first kappa shape index (κ1) is 58.0. The minimum Gasteiger partial charge on any atom is -0.478 e. The average molecular weight is 875 g/mol. The van der Waals surface area contributed by atoms with Crippen LogP contribution in [0.3, 0.4) is 0 Å². The van der Waals surface area contributed by atoms with E-state index in [1.165, 1.54) is 214 Å². The highest BCUT2D eigenvalue weighted by atomic mass is 33.1. The lowest BCUT2D eigenvalue weighted by Crippen LogP contribution is -2.35. The quantitative estimate of drug-likeness (QED) is 0.0408. The largest absolute Gasteiger partial charge is 0.478 e. The van der Waals surface area contributed by atoms with E-state index in [0.29, 0.717) is 0 Å². The lowest BCUT2D eigenvalue weighted by atomic mass is 10.0. The first-order valence-corrected chi connectivity index (χ1v) is 26.5. The van der Waals surface area contributed by atoms with Gasteiger partial charge < -0.3 is 19.2 Å². The summed E-state index contributed by atoms with van der Waals surface area (Å²) in [4.78, 5) is 23.3. The van der Waals surface area contributed by atoms with E-state index in [1.807, 2.05) is 0 Å². The number of rotatable bonds is 35. The van der Waals surface area contributed by atoms with Gasteiger partial charge in [0.2, 0.25) is 0 Å². The lowest BCUT2D eigenvalue weighted by Gasteiger charge is -2.23. The highest BCUT2D eigenvalue weighted by Gasteiger charge is 2.07. The van der Waals surface area contributed by atoms with Crippen LogP contribution >= 0.6 is 21.6 Å². The molecule has 0 aliphatic rings. The fourth-order valence-electron chi connectivity index (χ4n) is 6.96. The minimum absolute atomic E-state index is 0.255. The molecule has 0 heterocycles. The summed E-state index contributed by atoms with van der Waals surface area (Å²) >= 11 is 0. The van der Waals surface area contributed by atoms with Gasteiger partial charge in [-0.1, -0.05) is 190 Å². The summed E-state index contributed by atoms with van der Waals surface area (Å²) in [5, 5.41) is 17.6. The van der Waals surface area contributed by atoms with Crippen LogP contribution < -0.4 is 0 Å². The maximum absolute atomic E-state index is 10.7. The van der Waals surface area contributed by atoms with E-state index in [0.717, 1.165) is 18.8 Å². The molecule has 2 N–H and O–H groups in total. The van der Waals surface area contributed by atoms with Crippen molar-refractivity contribution in [2.24, 2.45) is 0 Å². The normalized spacial score (nSPS) is 11.4. The number of carboxylic acids is 2. The van der Waals surface area contributed by atoms with Gasteiger partial charge in [-0.3, -0.25) is 0 Å². The third-order valence-corrected chi connectivity index (χ3v) is 13.2. The van der Waals surface area contributed by atoms with Gasteiger partial charge in [0.15, 0.2) is 0 Å². The Bertz CT molecular complexity index is 1170. The van der Waals surface area contributed by atoms with E-state index in [-0.39, 0.29) is 11.1 Å². The molecule has 0 aliphatic carbocycles. The summed E-state index contributed by atoms with van der Waals surface area (Å²) < 4.78 is 2.25. The minimum atomic E-state index is -0.946. The molecule has 0 atom stereocenters. The molecule has 0 radical (unpaired) electrons. The van der Waals surface area contributed by atoms with Crippen LogP contribution in [0.2, 0.25) is 0 Å². The van der Waals surface area contributed by atoms with Crippen molar-refractivity contribution < 1.29 is 28.8 Å². The third kappa shape index (κ3) is 40.1. The molecule has 2 aromatic carbocycles. The molecule has 346 valence electrons. The van der Waals surface area contributed by atoms with Crippen molar-refractivity contribution >= 4 is 33.5 Å². The van der Waals surface area contributed by atoms with Gasteiger partial charge in [-0.15, -0.1) is 0 Å². The maximum Gasteiger partial charge on any atom is 0.335 e. The molecular weight excluding hydrogens is 781 g/mol. The smallest absolute Gasteiger partial charge is 0.335 e. The summed E-state index contributed by atoms with van der Waals surface area (Å²) in [7, 11) is 16.7.